The maximum Gasteiger partial charge on any atom is 0.290 e. The molecular formula is C22H32N4O2. The van der Waals surface area contributed by atoms with Gasteiger partial charge in [0.15, 0.2) is 5.69 Å². The number of piperidine rings is 1. The molecular weight excluding hydrogens is 352 g/mol. The standard InChI is InChI=1S/C22H32N4O2/c1-4-13-24(14-5-2)22(28)20-23-19(18-12-8-10-16-26(18)20)21(27)25-15-9-7-11-17(25)6-3/h8,10,12,16-17H,4-7,9,11,13-15H2,1-3H3. The molecule has 1 saturated heterocycles. The Morgan fingerprint density at radius 1 is 1.14 bits per heavy atom. The van der Waals surface area contributed by atoms with E-state index in [1.807, 2.05) is 34.2 Å². The summed E-state index contributed by atoms with van der Waals surface area (Å²) in [6, 6.07) is 5.91. The Balaban J connectivity index is 2.00. The van der Waals surface area contributed by atoms with E-state index in [4.69, 9.17) is 0 Å². The van der Waals surface area contributed by atoms with Gasteiger partial charge in [-0.1, -0.05) is 26.8 Å². The summed E-state index contributed by atoms with van der Waals surface area (Å²) in [5.41, 5.74) is 1.11. The van der Waals surface area contributed by atoms with Crippen molar-refractivity contribution in [2.75, 3.05) is 19.6 Å². The van der Waals surface area contributed by atoms with Gasteiger partial charge in [0.2, 0.25) is 5.82 Å². The van der Waals surface area contributed by atoms with Gasteiger partial charge in [-0.15, -0.1) is 0 Å². The maximum absolute atomic E-state index is 13.4. The van der Waals surface area contributed by atoms with E-state index >= 15 is 0 Å². The number of hydrogen-bond acceptors (Lipinski definition) is 3. The number of imidazole rings is 1. The van der Waals surface area contributed by atoms with E-state index in [-0.39, 0.29) is 17.9 Å². The van der Waals surface area contributed by atoms with Crippen LogP contribution in [-0.2, 0) is 0 Å². The Bertz CT molecular complexity index is 823. The lowest BCUT2D eigenvalue weighted by Gasteiger charge is -2.34. The van der Waals surface area contributed by atoms with Gasteiger partial charge in [-0.25, -0.2) is 4.98 Å². The molecule has 152 valence electrons. The topological polar surface area (TPSA) is 57.9 Å². The molecule has 0 bridgehead atoms. The number of carbonyl (C=O) groups is 2. The van der Waals surface area contributed by atoms with Crippen molar-refractivity contribution < 1.29 is 9.59 Å². The molecule has 1 unspecified atom stereocenters. The van der Waals surface area contributed by atoms with Gasteiger partial charge >= 0.3 is 0 Å². The summed E-state index contributed by atoms with van der Waals surface area (Å²) in [5, 5.41) is 0. The second-order valence-electron chi connectivity index (χ2n) is 7.59. The van der Waals surface area contributed by atoms with Gasteiger partial charge < -0.3 is 9.80 Å². The highest BCUT2D eigenvalue weighted by Gasteiger charge is 2.31. The van der Waals surface area contributed by atoms with Crippen molar-refractivity contribution in [2.45, 2.75) is 65.3 Å². The summed E-state index contributed by atoms with van der Waals surface area (Å²) < 4.78 is 1.78. The normalized spacial score (nSPS) is 17.1. The fraction of sp³-hybridized carbons (Fsp3) is 0.591. The second kappa shape index (κ2) is 9.22. The summed E-state index contributed by atoms with van der Waals surface area (Å²) in [6.45, 7) is 8.42. The van der Waals surface area contributed by atoms with Crippen molar-refractivity contribution in [3.05, 3.63) is 35.9 Å². The van der Waals surface area contributed by atoms with E-state index in [0.717, 1.165) is 38.6 Å². The van der Waals surface area contributed by atoms with Crippen molar-refractivity contribution in [1.82, 2.24) is 19.2 Å². The van der Waals surface area contributed by atoms with Crippen LogP contribution in [0.1, 0.15) is 80.4 Å². The fourth-order valence-electron chi connectivity index (χ4n) is 4.17. The molecule has 1 atom stereocenters. The van der Waals surface area contributed by atoms with E-state index in [1.54, 1.807) is 4.40 Å². The summed E-state index contributed by atoms with van der Waals surface area (Å²) in [7, 11) is 0. The highest BCUT2D eigenvalue weighted by molar-refractivity contribution is 6.02. The molecule has 0 radical (unpaired) electrons. The Morgan fingerprint density at radius 3 is 2.57 bits per heavy atom. The SMILES string of the molecule is CCCN(CCC)C(=O)c1nc(C(=O)N2CCCCC2CC)c2ccccn12. The predicted octanol–water partition coefficient (Wildman–Crippen LogP) is 4.00. The number of amides is 2. The van der Waals surface area contributed by atoms with Crippen LogP contribution in [0.4, 0.5) is 0 Å². The lowest BCUT2D eigenvalue weighted by Crippen LogP contribution is -2.43. The maximum atomic E-state index is 13.4. The highest BCUT2D eigenvalue weighted by atomic mass is 16.2. The van der Waals surface area contributed by atoms with Crippen LogP contribution < -0.4 is 0 Å². The third kappa shape index (κ3) is 3.91. The molecule has 0 aliphatic carbocycles. The van der Waals surface area contributed by atoms with Gasteiger partial charge in [-0.2, -0.15) is 0 Å². The molecule has 3 rings (SSSR count). The zero-order valence-corrected chi connectivity index (χ0v) is 17.4. The average Bonchev–Trinajstić information content (AvgIpc) is 3.12. The van der Waals surface area contributed by atoms with E-state index in [9.17, 15) is 9.59 Å². The number of fused-ring (bicyclic) bond motifs is 1. The molecule has 6 nitrogen and oxygen atoms in total. The van der Waals surface area contributed by atoms with Crippen LogP contribution in [0.15, 0.2) is 24.4 Å². The van der Waals surface area contributed by atoms with Crippen molar-refractivity contribution >= 4 is 17.3 Å². The lowest BCUT2D eigenvalue weighted by molar-refractivity contribution is 0.0604. The van der Waals surface area contributed by atoms with Crippen LogP contribution in [0.2, 0.25) is 0 Å². The predicted molar refractivity (Wildman–Crippen MR) is 111 cm³/mol. The van der Waals surface area contributed by atoms with Gasteiger partial charge in [0.1, 0.15) is 0 Å². The Kier molecular flexibility index (Phi) is 6.70. The minimum absolute atomic E-state index is 0.0492. The molecule has 1 fully saturated rings. The van der Waals surface area contributed by atoms with Gasteiger partial charge in [0, 0.05) is 31.9 Å². The van der Waals surface area contributed by atoms with E-state index in [2.05, 4.69) is 25.8 Å². The first kappa shape index (κ1) is 20.4. The Morgan fingerprint density at radius 2 is 1.89 bits per heavy atom. The van der Waals surface area contributed by atoms with Crippen molar-refractivity contribution in [1.29, 1.82) is 0 Å². The zero-order chi connectivity index (χ0) is 20.1. The van der Waals surface area contributed by atoms with Crippen LogP contribution in [0, 0.1) is 0 Å². The van der Waals surface area contributed by atoms with E-state index in [1.165, 1.54) is 6.42 Å². The van der Waals surface area contributed by atoms with Crippen LogP contribution in [0.5, 0.6) is 0 Å². The Labute approximate surface area is 167 Å². The zero-order valence-electron chi connectivity index (χ0n) is 17.4. The Hall–Kier alpha value is -2.37. The molecule has 0 N–H and O–H groups in total. The molecule has 6 heteroatoms. The number of hydrogen-bond donors (Lipinski definition) is 0. The van der Waals surface area contributed by atoms with E-state index in [0.29, 0.717) is 30.1 Å². The number of likely N-dealkylation sites (tertiary alicyclic amines) is 1. The molecule has 2 aromatic heterocycles. The first-order valence-electron chi connectivity index (χ1n) is 10.7. The number of rotatable bonds is 7. The van der Waals surface area contributed by atoms with Crippen LogP contribution >= 0.6 is 0 Å². The summed E-state index contributed by atoms with van der Waals surface area (Å²) in [5.74, 6) is 0.187. The first-order chi connectivity index (χ1) is 13.6. The summed E-state index contributed by atoms with van der Waals surface area (Å²) in [6.07, 6.45) is 7.81. The first-order valence-corrected chi connectivity index (χ1v) is 10.7. The molecule has 0 saturated carbocycles. The third-order valence-corrected chi connectivity index (χ3v) is 5.58. The fourth-order valence-corrected chi connectivity index (χ4v) is 4.17. The van der Waals surface area contributed by atoms with Gasteiger partial charge in [-0.3, -0.25) is 14.0 Å². The number of carbonyl (C=O) groups excluding carboxylic acids is 2. The summed E-state index contributed by atoms with van der Waals surface area (Å²) >= 11 is 0. The third-order valence-electron chi connectivity index (χ3n) is 5.58. The lowest BCUT2D eigenvalue weighted by atomic mass is 9.99. The largest absolute Gasteiger partial charge is 0.336 e. The highest BCUT2D eigenvalue weighted by Crippen LogP contribution is 2.24. The monoisotopic (exact) mass is 384 g/mol. The molecule has 0 spiro atoms. The van der Waals surface area contributed by atoms with E-state index < -0.39 is 0 Å². The number of pyridine rings is 1. The molecule has 1 aliphatic heterocycles. The minimum atomic E-state index is -0.102. The van der Waals surface area contributed by atoms with Crippen molar-refractivity contribution in [3.8, 4) is 0 Å². The smallest absolute Gasteiger partial charge is 0.290 e. The van der Waals surface area contributed by atoms with Crippen LogP contribution in [-0.4, -0.2) is 56.7 Å². The summed E-state index contributed by atoms with van der Waals surface area (Å²) in [4.78, 5) is 35.0. The van der Waals surface area contributed by atoms with Gasteiger partial charge in [0.05, 0.1) is 5.52 Å². The minimum Gasteiger partial charge on any atom is -0.336 e. The molecule has 3 heterocycles. The van der Waals surface area contributed by atoms with Crippen LogP contribution in [0.3, 0.4) is 0 Å². The second-order valence-corrected chi connectivity index (χ2v) is 7.59. The quantitative estimate of drug-likeness (QED) is 0.725. The van der Waals surface area contributed by atoms with Crippen LogP contribution in [0.25, 0.3) is 5.52 Å². The molecule has 1 aliphatic rings. The van der Waals surface area contributed by atoms with Crippen molar-refractivity contribution in [3.63, 3.8) is 0 Å². The van der Waals surface area contributed by atoms with Crippen molar-refractivity contribution in [2.24, 2.45) is 0 Å². The average molecular weight is 385 g/mol. The number of nitrogens with zero attached hydrogens (tertiary/aromatic N) is 4. The molecule has 2 aromatic rings. The molecule has 2 amide bonds. The molecule has 0 aromatic carbocycles. The molecule has 28 heavy (non-hydrogen) atoms. The van der Waals surface area contributed by atoms with Gasteiger partial charge in [-0.05, 0) is 50.7 Å². The van der Waals surface area contributed by atoms with Gasteiger partial charge in [0.25, 0.3) is 11.8 Å². The number of aromatic nitrogens is 2.